The van der Waals surface area contributed by atoms with Gasteiger partial charge in [0.05, 0.1) is 19.6 Å². The molecule has 0 radical (unpaired) electrons. The molecule has 0 spiro atoms. The van der Waals surface area contributed by atoms with Crippen LogP contribution in [0.4, 0.5) is 4.79 Å². The van der Waals surface area contributed by atoms with Gasteiger partial charge < -0.3 is 19.2 Å². The fraction of sp³-hybridized carbons (Fsp3) is 0.923. The van der Waals surface area contributed by atoms with E-state index in [1.165, 1.54) is 0 Å². The molecule has 2 rings (SSSR count). The van der Waals surface area contributed by atoms with Gasteiger partial charge in [-0.05, 0) is 19.3 Å². The second kappa shape index (κ2) is 6.46. The highest BCUT2D eigenvalue weighted by molar-refractivity contribution is 5.57. The lowest BCUT2D eigenvalue weighted by Crippen LogP contribution is -2.60. The molecule has 8 heteroatoms. The molecular formula is C13H23N2O6+. The lowest BCUT2D eigenvalue weighted by molar-refractivity contribution is -0.942. The SMILES string of the molecule is C[N@@+]1(C2CCC(O[N+](=O)[O-])CC2)CCC[C@@H](OC(=O)O)C1. The molecule has 8 nitrogen and oxygen atoms in total. The highest BCUT2D eigenvalue weighted by Crippen LogP contribution is 2.32. The Kier molecular flexibility index (Phi) is 4.87. The second-order valence-electron chi connectivity index (χ2n) is 6.29. The van der Waals surface area contributed by atoms with Gasteiger partial charge in [-0.3, -0.25) is 0 Å². The lowest BCUT2D eigenvalue weighted by Gasteiger charge is -2.48. The molecule has 0 bridgehead atoms. The van der Waals surface area contributed by atoms with Crippen molar-refractivity contribution >= 4 is 6.16 Å². The molecule has 1 saturated heterocycles. The van der Waals surface area contributed by atoms with Gasteiger partial charge in [-0.25, -0.2) is 4.79 Å². The van der Waals surface area contributed by atoms with E-state index >= 15 is 0 Å². The summed E-state index contributed by atoms with van der Waals surface area (Å²) in [6, 6.07) is 0.400. The molecule has 2 aliphatic rings. The quantitative estimate of drug-likeness (QED) is 0.368. The lowest BCUT2D eigenvalue weighted by atomic mass is 9.88. The van der Waals surface area contributed by atoms with E-state index in [9.17, 15) is 14.9 Å². The van der Waals surface area contributed by atoms with Crippen LogP contribution in [0.25, 0.3) is 0 Å². The molecule has 1 aliphatic carbocycles. The molecule has 2 atom stereocenters. The zero-order chi connectivity index (χ0) is 15.5. The summed E-state index contributed by atoms with van der Waals surface area (Å²) in [5.41, 5.74) is 0. The van der Waals surface area contributed by atoms with Crippen LogP contribution in [0.3, 0.4) is 0 Å². The maximum Gasteiger partial charge on any atom is 0.506 e. The smallest absolute Gasteiger partial charge is 0.450 e. The van der Waals surface area contributed by atoms with Gasteiger partial charge >= 0.3 is 6.16 Å². The van der Waals surface area contributed by atoms with Gasteiger partial charge in [-0.2, -0.15) is 0 Å². The fourth-order valence-electron chi connectivity index (χ4n) is 3.79. The van der Waals surface area contributed by atoms with E-state index in [0.717, 1.165) is 36.7 Å². The van der Waals surface area contributed by atoms with Gasteiger partial charge in [0.25, 0.3) is 5.09 Å². The van der Waals surface area contributed by atoms with Crippen LogP contribution in [-0.4, -0.2) is 59.2 Å². The summed E-state index contributed by atoms with van der Waals surface area (Å²) in [6.07, 6.45) is 3.08. The molecule has 1 aliphatic heterocycles. The van der Waals surface area contributed by atoms with Crippen LogP contribution in [0.15, 0.2) is 0 Å². The molecule has 0 aromatic heterocycles. The highest BCUT2D eigenvalue weighted by Gasteiger charge is 2.41. The van der Waals surface area contributed by atoms with Crippen LogP contribution in [0.5, 0.6) is 0 Å². The van der Waals surface area contributed by atoms with E-state index in [1.807, 2.05) is 0 Å². The standard InChI is InChI=1S/C13H22N2O6/c1-15(8-2-3-12(9-15)20-13(16)17)10-4-6-11(7-5-10)21-14(18)19/h10-12H,2-9H2,1H3/p+1/t10?,11?,12-,15-/m1/s1. The third-order valence-corrected chi connectivity index (χ3v) is 4.84. The monoisotopic (exact) mass is 303 g/mol. The van der Waals surface area contributed by atoms with Gasteiger partial charge in [0, 0.05) is 19.3 Å². The van der Waals surface area contributed by atoms with E-state index in [4.69, 9.17) is 9.84 Å². The number of quaternary nitrogens is 1. The Labute approximate surface area is 123 Å². The molecule has 1 N–H and O–H groups in total. The Balaban J connectivity index is 1.88. The predicted octanol–water partition coefficient (Wildman–Crippen LogP) is 1.81. The minimum absolute atomic E-state index is 0.242. The number of likely N-dealkylation sites (N-methyl/N-ethyl adjacent to an activating group) is 1. The summed E-state index contributed by atoms with van der Waals surface area (Å²) in [6.45, 7) is 1.70. The molecule has 0 unspecified atom stereocenters. The van der Waals surface area contributed by atoms with E-state index in [0.29, 0.717) is 25.4 Å². The number of carbonyl (C=O) groups is 1. The zero-order valence-electron chi connectivity index (χ0n) is 12.3. The Morgan fingerprint density at radius 3 is 2.48 bits per heavy atom. The molecule has 120 valence electrons. The van der Waals surface area contributed by atoms with Crippen molar-refractivity contribution in [2.75, 3.05) is 20.1 Å². The summed E-state index contributed by atoms with van der Waals surface area (Å²) in [5, 5.41) is 18.4. The van der Waals surface area contributed by atoms with E-state index in [1.54, 1.807) is 0 Å². The van der Waals surface area contributed by atoms with Gasteiger partial charge in [-0.15, -0.1) is 10.1 Å². The van der Waals surface area contributed by atoms with E-state index < -0.39 is 11.2 Å². The maximum absolute atomic E-state index is 10.7. The van der Waals surface area contributed by atoms with Crippen LogP contribution in [0.1, 0.15) is 38.5 Å². The first-order valence-electron chi connectivity index (χ1n) is 7.44. The van der Waals surface area contributed by atoms with Gasteiger partial charge in [0.15, 0.2) is 6.10 Å². The number of carboxylic acid groups (broad SMARTS) is 1. The van der Waals surface area contributed by atoms with Crippen molar-refractivity contribution in [1.82, 2.24) is 0 Å². The zero-order valence-corrected chi connectivity index (χ0v) is 12.3. The number of hydrogen-bond acceptors (Lipinski definition) is 5. The average Bonchev–Trinajstić information content (AvgIpc) is 2.38. The Morgan fingerprint density at radius 2 is 1.90 bits per heavy atom. The van der Waals surface area contributed by atoms with Crippen LogP contribution in [-0.2, 0) is 9.57 Å². The normalized spacial score (nSPS) is 36.7. The van der Waals surface area contributed by atoms with Crippen LogP contribution < -0.4 is 0 Å². The third-order valence-electron chi connectivity index (χ3n) is 4.84. The van der Waals surface area contributed by atoms with Crippen LogP contribution in [0.2, 0.25) is 0 Å². The Bertz CT molecular complexity index is 396. The molecular weight excluding hydrogens is 280 g/mol. The molecule has 0 aromatic rings. The van der Waals surface area contributed by atoms with Crippen molar-refractivity contribution < 1.29 is 29.0 Å². The predicted molar refractivity (Wildman–Crippen MR) is 72.2 cm³/mol. The summed E-state index contributed by atoms with van der Waals surface area (Å²) < 4.78 is 5.73. The van der Waals surface area contributed by atoms with Crippen molar-refractivity contribution in [3.05, 3.63) is 10.1 Å². The summed E-state index contributed by atoms with van der Waals surface area (Å²) in [5.74, 6) is 0. The van der Waals surface area contributed by atoms with Crippen molar-refractivity contribution in [1.29, 1.82) is 0 Å². The van der Waals surface area contributed by atoms with Gasteiger partial charge in [-0.1, -0.05) is 0 Å². The molecule has 0 aromatic carbocycles. The first kappa shape index (κ1) is 15.8. The van der Waals surface area contributed by atoms with Gasteiger partial charge in [0.2, 0.25) is 0 Å². The largest absolute Gasteiger partial charge is 0.506 e. The van der Waals surface area contributed by atoms with Crippen molar-refractivity contribution in [2.24, 2.45) is 0 Å². The molecule has 1 saturated carbocycles. The average molecular weight is 303 g/mol. The number of ether oxygens (including phenoxy) is 1. The van der Waals surface area contributed by atoms with Crippen LogP contribution in [0, 0.1) is 10.1 Å². The Hall–Kier alpha value is -1.57. The van der Waals surface area contributed by atoms with E-state index in [2.05, 4.69) is 11.9 Å². The van der Waals surface area contributed by atoms with Crippen molar-refractivity contribution in [2.45, 2.75) is 56.8 Å². The van der Waals surface area contributed by atoms with Crippen molar-refractivity contribution in [3.8, 4) is 0 Å². The van der Waals surface area contributed by atoms with Crippen molar-refractivity contribution in [3.63, 3.8) is 0 Å². The number of nitrogens with zero attached hydrogens (tertiary/aromatic N) is 2. The third kappa shape index (κ3) is 4.20. The van der Waals surface area contributed by atoms with E-state index in [-0.39, 0.29) is 12.2 Å². The molecule has 1 heterocycles. The maximum atomic E-state index is 10.7. The molecule has 21 heavy (non-hydrogen) atoms. The minimum Gasteiger partial charge on any atom is -0.450 e. The number of rotatable bonds is 4. The number of hydrogen-bond donors (Lipinski definition) is 1. The highest BCUT2D eigenvalue weighted by atomic mass is 17.0. The minimum atomic E-state index is -1.21. The summed E-state index contributed by atoms with van der Waals surface area (Å²) in [4.78, 5) is 25.7. The van der Waals surface area contributed by atoms with Gasteiger partial charge in [0.1, 0.15) is 12.6 Å². The second-order valence-corrected chi connectivity index (χ2v) is 6.29. The van der Waals surface area contributed by atoms with Crippen LogP contribution >= 0.6 is 0 Å². The summed E-state index contributed by atoms with van der Waals surface area (Å²) in [7, 11) is 2.14. The summed E-state index contributed by atoms with van der Waals surface area (Å²) >= 11 is 0. The molecule has 0 amide bonds. The molecule has 2 fully saturated rings. The number of likely N-dealkylation sites (tertiary alicyclic amines) is 1. The first-order chi connectivity index (χ1) is 9.89. The first-order valence-corrected chi connectivity index (χ1v) is 7.44. The number of piperidine rings is 1. The fourth-order valence-corrected chi connectivity index (χ4v) is 3.79. The Morgan fingerprint density at radius 1 is 1.24 bits per heavy atom. The topological polar surface area (TPSA) is 98.9 Å².